The molecule has 129 valence electrons. The van der Waals surface area contributed by atoms with E-state index in [1.54, 1.807) is 6.07 Å². The van der Waals surface area contributed by atoms with Gasteiger partial charge in [0.25, 0.3) is 0 Å². The molecule has 0 atom stereocenters. The third-order valence-electron chi connectivity index (χ3n) is 2.51. The summed E-state index contributed by atoms with van der Waals surface area (Å²) in [5.74, 6) is 0.396. The number of allylic oxidation sites excluding steroid dienone is 4. The minimum absolute atomic E-state index is 0. The first-order valence-electron chi connectivity index (χ1n) is 5.92. The van der Waals surface area contributed by atoms with Crippen molar-refractivity contribution in [2.75, 3.05) is 0 Å². The maximum Gasteiger partial charge on any atom is 3.00 e. The zero-order valence-electron chi connectivity index (χ0n) is 14.9. The zero-order chi connectivity index (χ0) is 12.9. The second-order valence-electron chi connectivity index (χ2n) is 5.31. The number of aromatic hydroxyl groups is 1. The number of phenols is 1. The van der Waals surface area contributed by atoms with Crippen molar-refractivity contribution in [2.24, 2.45) is 0 Å². The number of phenolic OH excluding ortho intramolecular Hbond substituents is 1. The summed E-state index contributed by atoms with van der Waals surface area (Å²) in [6, 6.07) is 5.86. The molecule has 0 heterocycles. The van der Waals surface area contributed by atoms with Gasteiger partial charge in [0.2, 0.25) is 0 Å². The molecule has 0 unspecified atom stereocenters. The number of benzene rings is 1. The third kappa shape index (κ3) is 16.9. The van der Waals surface area contributed by atoms with E-state index in [9.17, 15) is 5.11 Å². The van der Waals surface area contributed by atoms with Crippen molar-refractivity contribution in [1.82, 2.24) is 0 Å². The quantitative estimate of drug-likeness (QED) is 0.502. The largest absolute Gasteiger partial charge is 3.00 e. The number of hydrogen-bond donors (Lipinski definition) is 1. The monoisotopic (exact) mass is 423 g/mol. The Bertz CT molecular complexity index is 414. The van der Waals surface area contributed by atoms with E-state index in [1.165, 1.54) is 5.19 Å². The molecule has 2 rings (SSSR count). The van der Waals surface area contributed by atoms with Crippen molar-refractivity contribution in [3.63, 3.8) is 0 Å². The average Bonchev–Trinajstić information content (AvgIpc) is 2.72. The number of hydrogen-bond acceptors (Lipinski definition) is 1. The van der Waals surface area contributed by atoms with E-state index in [0.717, 1.165) is 12.0 Å². The maximum absolute atomic E-state index is 9.38. The molecule has 1 aromatic rings. The van der Waals surface area contributed by atoms with Crippen LogP contribution >= 0.6 is 24.8 Å². The number of rotatable bonds is 1. The van der Waals surface area contributed by atoms with Gasteiger partial charge < -0.3 is 20.0 Å². The summed E-state index contributed by atoms with van der Waals surface area (Å²) >= 11 is 0. The van der Waals surface area contributed by atoms with Gasteiger partial charge in [0.15, 0.2) is 0 Å². The van der Waals surface area contributed by atoms with Crippen molar-refractivity contribution < 1.29 is 26.8 Å². The smallest absolute Gasteiger partial charge is 0.508 e. The van der Waals surface area contributed by atoms with Gasteiger partial charge >= 0.3 is 21.7 Å². The van der Waals surface area contributed by atoms with Gasteiger partial charge in [-0.3, -0.25) is 6.08 Å². The summed E-state index contributed by atoms with van der Waals surface area (Å²) in [5, 5.41) is 10.7. The Morgan fingerprint density at radius 3 is 1.83 bits per heavy atom. The standard InChI is InChI=1S/C10H16OSi.C5H5.2CH3.2ClH.Si.Ti/c1-8-5-9(11)7-10(6-8)12(2,3)4;1-2-4-5-3-1;;;;;;/h5-7,11H,1-4H3;1-3H,4H2;2*1H3;2*1H;;/q;3*-1;;;;+3. The summed E-state index contributed by atoms with van der Waals surface area (Å²) < 4.78 is 0. The first-order valence-corrected chi connectivity index (χ1v) is 9.42. The molecular weight excluding hydrogens is 395 g/mol. The minimum Gasteiger partial charge on any atom is -0.508 e. The summed E-state index contributed by atoms with van der Waals surface area (Å²) in [6.45, 7) is 8.85. The van der Waals surface area contributed by atoms with Gasteiger partial charge in [0.1, 0.15) is 5.75 Å². The molecule has 0 spiro atoms. The topological polar surface area (TPSA) is 20.2 Å². The molecular formula is C17H29Cl2OSi2Ti. The zero-order valence-corrected chi connectivity index (χ0v) is 20.1. The van der Waals surface area contributed by atoms with Crippen LogP contribution in [0.25, 0.3) is 0 Å². The second kappa shape index (κ2) is 18.6. The normalized spacial score (nSPS) is 9.91. The maximum atomic E-state index is 9.38. The Morgan fingerprint density at radius 1 is 1.04 bits per heavy atom. The molecule has 1 aromatic carbocycles. The molecule has 0 saturated carbocycles. The van der Waals surface area contributed by atoms with Gasteiger partial charge in [-0.25, -0.2) is 12.2 Å². The van der Waals surface area contributed by atoms with Gasteiger partial charge in [0.05, 0.1) is 8.07 Å². The predicted octanol–water partition coefficient (Wildman–Crippen LogP) is 4.91. The Morgan fingerprint density at radius 2 is 1.57 bits per heavy atom. The summed E-state index contributed by atoms with van der Waals surface area (Å²) in [7, 11) is -1.26. The van der Waals surface area contributed by atoms with Crippen LogP contribution in [0.3, 0.4) is 0 Å². The molecule has 1 aliphatic carbocycles. The Labute approximate surface area is 176 Å². The fourth-order valence-electron chi connectivity index (χ4n) is 1.54. The van der Waals surface area contributed by atoms with Crippen LogP contribution in [0.15, 0.2) is 36.4 Å². The number of halogens is 2. The van der Waals surface area contributed by atoms with Crippen LogP contribution in [-0.4, -0.2) is 24.1 Å². The van der Waals surface area contributed by atoms with Crippen LogP contribution in [0.1, 0.15) is 12.0 Å². The molecule has 0 saturated heterocycles. The van der Waals surface area contributed by atoms with Crippen molar-refractivity contribution in [3.05, 3.63) is 62.9 Å². The predicted molar refractivity (Wildman–Crippen MR) is 110 cm³/mol. The van der Waals surface area contributed by atoms with Crippen LogP contribution in [-0.2, 0) is 21.7 Å². The SMILES string of the molecule is Cc1cc(O)cc([Si](C)(C)C)c1.Cl.Cl.[C-]1=CC=CC1.[CH3-].[CH3-].[Si].[Ti+3]. The van der Waals surface area contributed by atoms with Gasteiger partial charge in [0, 0.05) is 11.0 Å². The molecule has 0 aromatic heterocycles. The van der Waals surface area contributed by atoms with Crippen molar-refractivity contribution in [2.45, 2.75) is 33.0 Å². The fourth-order valence-corrected chi connectivity index (χ4v) is 2.78. The van der Waals surface area contributed by atoms with Crippen LogP contribution < -0.4 is 5.19 Å². The van der Waals surface area contributed by atoms with Crippen molar-refractivity contribution in [3.8, 4) is 5.75 Å². The van der Waals surface area contributed by atoms with E-state index in [4.69, 9.17) is 0 Å². The van der Waals surface area contributed by atoms with Crippen LogP contribution in [0.2, 0.25) is 19.6 Å². The molecule has 0 amide bonds. The Hall–Kier alpha value is 0.228. The summed E-state index contributed by atoms with van der Waals surface area (Å²) in [6.07, 6.45) is 10.0. The van der Waals surface area contributed by atoms with Gasteiger partial charge in [-0.2, -0.15) is 6.08 Å². The molecule has 6 heteroatoms. The van der Waals surface area contributed by atoms with Crippen LogP contribution in [0.4, 0.5) is 0 Å². The van der Waals surface area contributed by atoms with Crippen LogP contribution in [0, 0.1) is 27.9 Å². The molecule has 5 radical (unpaired) electrons. The molecule has 0 bridgehead atoms. The van der Waals surface area contributed by atoms with E-state index < -0.39 is 8.07 Å². The van der Waals surface area contributed by atoms with E-state index in [0.29, 0.717) is 5.75 Å². The van der Waals surface area contributed by atoms with Gasteiger partial charge in [-0.15, -0.1) is 31.2 Å². The van der Waals surface area contributed by atoms with Crippen LogP contribution in [0.5, 0.6) is 5.75 Å². The molecule has 1 aliphatic rings. The minimum atomic E-state index is -1.26. The number of aryl methyl sites for hydroxylation is 1. The van der Waals surface area contributed by atoms with Crippen molar-refractivity contribution in [1.29, 1.82) is 0 Å². The molecule has 1 N–H and O–H groups in total. The first kappa shape index (κ1) is 38.7. The van der Waals surface area contributed by atoms with Crippen molar-refractivity contribution >= 4 is 49.0 Å². The van der Waals surface area contributed by atoms with Gasteiger partial charge in [-0.05, 0) is 24.6 Å². The second-order valence-corrected chi connectivity index (χ2v) is 10.4. The summed E-state index contributed by atoms with van der Waals surface area (Å²) in [5.41, 5.74) is 1.15. The van der Waals surface area contributed by atoms with Gasteiger partial charge in [-0.1, -0.05) is 30.9 Å². The molecule has 23 heavy (non-hydrogen) atoms. The molecule has 1 nitrogen and oxygen atoms in total. The first-order chi connectivity index (χ1) is 7.89. The van der Waals surface area contributed by atoms with E-state index in [-0.39, 0.29) is 72.4 Å². The molecule has 0 aliphatic heterocycles. The molecule has 0 fully saturated rings. The summed E-state index contributed by atoms with van der Waals surface area (Å²) in [4.78, 5) is 0. The average molecular weight is 424 g/mol. The van der Waals surface area contributed by atoms with E-state index >= 15 is 0 Å². The third-order valence-corrected chi connectivity index (χ3v) is 4.53. The van der Waals surface area contributed by atoms with E-state index in [1.807, 2.05) is 25.1 Å². The fraction of sp³-hybridized carbons (Fsp3) is 0.294. The Kier molecular flexibility index (Phi) is 31.2. The Balaban J connectivity index is -0.0000000582. The van der Waals surface area contributed by atoms with E-state index in [2.05, 4.69) is 37.9 Å².